The van der Waals surface area contributed by atoms with E-state index in [1.807, 2.05) is 12.3 Å². The van der Waals surface area contributed by atoms with Gasteiger partial charge >= 0.3 is 0 Å². The Hall–Kier alpha value is -3.20. The molecule has 0 amide bonds. The normalized spacial score (nSPS) is 11.7. The Balaban J connectivity index is 1.95. The molecule has 0 saturated carbocycles. The number of imidazole rings is 1. The molecule has 0 unspecified atom stereocenters. The van der Waals surface area contributed by atoms with Crippen LogP contribution in [0.3, 0.4) is 0 Å². The maximum absolute atomic E-state index is 5.03. The number of fused-ring (bicyclic) bond motifs is 1. The molecule has 1 aromatic heterocycles. The number of rotatable bonds is 6. The van der Waals surface area contributed by atoms with Gasteiger partial charge in [-0.25, -0.2) is 4.98 Å². The van der Waals surface area contributed by atoms with Crippen LogP contribution in [0.1, 0.15) is 32.5 Å². The summed E-state index contributed by atoms with van der Waals surface area (Å²) in [5.41, 5.74) is 6.88. The minimum absolute atomic E-state index is 0.344. The summed E-state index contributed by atoms with van der Waals surface area (Å²) in [7, 11) is 2.09. The highest BCUT2D eigenvalue weighted by atomic mass is 15.1. The van der Waals surface area contributed by atoms with Gasteiger partial charge in [-0.1, -0.05) is 86.6 Å². The summed E-state index contributed by atoms with van der Waals surface area (Å²) in [4.78, 5) is 9.81. The molecular formula is C26H27N3. The third-order valence-electron chi connectivity index (χ3n) is 5.57. The second-order valence-corrected chi connectivity index (χ2v) is 7.37. The van der Waals surface area contributed by atoms with Crippen LogP contribution in [0.4, 0.5) is 0 Å². The van der Waals surface area contributed by atoms with Gasteiger partial charge in [0.05, 0.1) is 17.2 Å². The molecule has 3 aromatic carbocycles. The average molecular weight is 382 g/mol. The lowest BCUT2D eigenvalue weighted by Crippen LogP contribution is -2.03. The van der Waals surface area contributed by atoms with E-state index in [0.717, 1.165) is 35.3 Å². The molecular weight excluding hydrogens is 354 g/mol. The lowest BCUT2D eigenvalue weighted by atomic mass is 9.98. The van der Waals surface area contributed by atoms with E-state index in [9.17, 15) is 0 Å². The molecule has 0 aliphatic heterocycles. The van der Waals surface area contributed by atoms with E-state index >= 15 is 0 Å². The topological polar surface area (TPSA) is 30.2 Å². The molecule has 0 atom stereocenters. The zero-order chi connectivity index (χ0) is 20.2. The fourth-order valence-corrected chi connectivity index (χ4v) is 3.82. The minimum atomic E-state index is 0.344. The highest BCUT2D eigenvalue weighted by Gasteiger charge is 2.16. The van der Waals surface area contributed by atoms with Gasteiger partial charge in [0.2, 0.25) is 0 Å². The van der Waals surface area contributed by atoms with Gasteiger partial charge < -0.3 is 4.57 Å². The lowest BCUT2D eigenvalue weighted by molar-refractivity contribution is 0.633. The van der Waals surface area contributed by atoms with Gasteiger partial charge in [0.1, 0.15) is 0 Å². The Kier molecular flexibility index (Phi) is 5.57. The van der Waals surface area contributed by atoms with Crippen LogP contribution in [0.2, 0.25) is 0 Å². The zero-order valence-electron chi connectivity index (χ0n) is 17.3. The van der Waals surface area contributed by atoms with Crippen LogP contribution in [-0.4, -0.2) is 21.8 Å². The predicted molar refractivity (Wildman–Crippen MR) is 124 cm³/mol. The second kappa shape index (κ2) is 8.44. The number of hydrogen-bond donors (Lipinski definition) is 0. The van der Waals surface area contributed by atoms with Crippen LogP contribution in [-0.2, 0) is 7.05 Å². The van der Waals surface area contributed by atoms with Crippen molar-refractivity contribution in [3.63, 3.8) is 0 Å². The van der Waals surface area contributed by atoms with E-state index in [0.29, 0.717) is 6.04 Å². The first-order chi connectivity index (χ1) is 14.2. The predicted octanol–water partition coefficient (Wildman–Crippen LogP) is 6.51. The van der Waals surface area contributed by atoms with Crippen molar-refractivity contribution in [3.05, 3.63) is 78.6 Å². The van der Waals surface area contributed by atoms with E-state index in [1.165, 1.54) is 16.7 Å². The van der Waals surface area contributed by atoms with E-state index < -0.39 is 0 Å². The summed E-state index contributed by atoms with van der Waals surface area (Å²) in [5.74, 6) is 0.896. The largest absolute Gasteiger partial charge is 0.326 e. The van der Waals surface area contributed by atoms with Crippen LogP contribution < -0.4 is 0 Å². The van der Waals surface area contributed by atoms with Crippen LogP contribution in [0.25, 0.3) is 33.3 Å². The molecule has 146 valence electrons. The van der Waals surface area contributed by atoms with Crippen LogP contribution in [0.5, 0.6) is 0 Å². The fraction of sp³-hybridized carbons (Fsp3) is 0.231. The van der Waals surface area contributed by atoms with Crippen molar-refractivity contribution in [2.45, 2.75) is 32.7 Å². The second-order valence-electron chi connectivity index (χ2n) is 7.37. The Bertz CT molecular complexity index is 1120. The van der Waals surface area contributed by atoms with Gasteiger partial charge in [-0.05, 0) is 24.0 Å². The van der Waals surface area contributed by atoms with Gasteiger partial charge in [-0.3, -0.25) is 4.99 Å². The third kappa shape index (κ3) is 3.73. The minimum Gasteiger partial charge on any atom is -0.326 e. The number of aliphatic imine (C=N–C) groups is 1. The monoisotopic (exact) mass is 381 g/mol. The van der Waals surface area contributed by atoms with Crippen LogP contribution in [0, 0.1) is 0 Å². The molecule has 0 fully saturated rings. The molecule has 4 rings (SSSR count). The van der Waals surface area contributed by atoms with Crippen molar-refractivity contribution in [3.8, 4) is 22.3 Å². The highest BCUT2D eigenvalue weighted by molar-refractivity contribution is 6.03. The Morgan fingerprint density at radius 3 is 1.97 bits per heavy atom. The summed E-state index contributed by atoms with van der Waals surface area (Å²) in [5, 5.41) is 0. The summed E-state index contributed by atoms with van der Waals surface area (Å²) < 4.78 is 2.18. The number of aryl methyl sites for hydroxylation is 1. The van der Waals surface area contributed by atoms with Crippen LogP contribution in [0.15, 0.2) is 77.8 Å². The molecule has 0 N–H and O–H groups in total. The lowest BCUT2D eigenvalue weighted by Gasteiger charge is -2.10. The summed E-state index contributed by atoms with van der Waals surface area (Å²) in [6, 6.07) is 25.7. The smallest absolute Gasteiger partial charge is 0.151 e. The van der Waals surface area contributed by atoms with Gasteiger partial charge in [0.25, 0.3) is 0 Å². The van der Waals surface area contributed by atoms with Crippen molar-refractivity contribution in [1.29, 1.82) is 0 Å². The number of benzene rings is 3. The number of aromatic nitrogens is 2. The third-order valence-corrected chi connectivity index (χ3v) is 5.57. The molecule has 0 radical (unpaired) electrons. The molecule has 0 spiro atoms. The molecule has 1 heterocycles. The van der Waals surface area contributed by atoms with Gasteiger partial charge in [0, 0.05) is 24.2 Å². The molecule has 0 bridgehead atoms. The first kappa shape index (κ1) is 19.1. The summed E-state index contributed by atoms with van der Waals surface area (Å²) in [6.45, 7) is 4.36. The summed E-state index contributed by atoms with van der Waals surface area (Å²) >= 11 is 0. The van der Waals surface area contributed by atoms with Gasteiger partial charge in [-0.2, -0.15) is 0 Å². The number of nitrogens with zero attached hydrogens (tertiary/aromatic N) is 3. The average Bonchev–Trinajstić information content (AvgIpc) is 3.11. The SMILES string of the molecule is CCC(CC)/N=C/c1nc2c(-c3ccccc3)ccc(-c3ccccc3)c2n1C. The number of hydrogen-bond acceptors (Lipinski definition) is 2. The van der Waals surface area contributed by atoms with Crippen molar-refractivity contribution >= 4 is 17.2 Å². The van der Waals surface area contributed by atoms with Crippen molar-refractivity contribution in [1.82, 2.24) is 9.55 Å². The van der Waals surface area contributed by atoms with Crippen molar-refractivity contribution in [2.24, 2.45) is 12.0 Å². The molecule has 29 heavy (non-hydrogen) atoms. The van der Waals surface area contributed by atoms with Crippen molar-refractivity contribution in [2.75, 3.05) is 0 Å². The van der Waals surface area contributed by atoms with Gasteiger partial charge in [-0.15, -0.1) is 0 Å². The zero-order valence-corrected chi connectivity index (χ0v) is 17.3. The molecule has 0 aliphatic carbocycles. The molecule has 3 nitrogen and oxygen atoms in total. The highest BCUT2D eigenvalue weighted by Crippen LogP contribution is 2.35. The quantitative estimate of drug-likeness (QED) is 0.350. The van der Waals surface area contributed by atoms with E-state index in [2.05, 4.69) is 92.2 Å². The Morgan fingerprint density at radius 1 is 0.828 bits per heavy atom. The maximum atomic E-state index is 5.03. The Morgan fingerprint density at radius 2 is 1.38 bits per heavy atom. The first-order valence-corrected chi connectivity index (χ1v) is 10.4. The summed E-state index contributed by atoms with van der Waals surface area (Å²) in [6.07, 6.45) is 4.03. The van der Waals surface area contributed by atoms with E-state index in [1.54, 1.807) is 0 Å². The molecule has 0 aliphatic rings. The first-order valence-electron chi connectivity index (χ1n) is 10.4. The fourth-order valence-electron chi connectivity index (χ4n) is 3.82. The van der Waals surface area contributed by atoms with Crippen molar-refractivity contribution < 1.29 is 0 Å². The molecule has 0 saturated heterocycles. The Labute approximate surface area is 172 Å². The van der Waals surface area contributed by atoms with Crippen LogP contribution >= 0.6 is 0 Å². The maximum Gasteiger partial charge on any atom is 0.151 e. The molecule has 3 heteroatoms. The molecule has 4 aromatic rings. The van der Waals surface area contributed by atoms with E-state index in [-0.39, 0.29) is 0 Å². The van der Waals surface area contributed by atoms with Gasteiger partial charge in [0.15, 0.2) is 5.82 Å². The van der Waals surface area contributed by atoms with E-state index in [4.69, 9.17) is 9.98 Å². The standard InChI is InChI=1S/C26H27N3/c1-4-21(5-2)27-18-24-28-25-22(19-12-8-6-9-13-19)16-17-23(26(25)29(24)3)20-14-10-7-11-15-20/h6-18,21H,4-5H2,1-3H3/b27-18+.